The average Bonchev–Trinajstić information content (AvgIpc) is 2.55. The number of hydrogen-bond acceptors (Lipinski definition) is 6. The van der Waals surface area contributed by atoms with Crippen molar-refractivity contribution >= 4 is 11.7 Å². The van der Waals surface area contributed by atoms with Crippen LogP contribution in [0.4, 0.5) is 14.9 Å². The molecular formula is C13H17FN4O4. The zero-order chi connectivity index (χ0) is 15.9. The third-order valence-corrected chi connectivity index (χ3v) is 2.97. The van der Waals surface area contributed by atoms with Crippen LogP contribution in [0.1, 0.15) is 0 Å². The molecule has 1 atom stereocenters. The minimum absolute atomic E-state index is 0.0915. The van der Waals surface area contributed by atoms with Crippen LogP contribution in [0.5, 0.6) is 5.75 Å². The highest BCUT2D eigenvalue weighted by atomic mass is 19.1. The molecule has 120 valence electrons. The highest BCUT2D eigenvalue weighted by Gasteiger charge is 2.21. The van der Waals surface area contributed by atoms with Crippen molar-refractivity contribution in [2.45, 2.75) is 6.10 Å². The normalized spacial score (nSPS) is 17.6. The summed E-state index contributed by atoms with van der Waals surface area (Å²) in [7, 11) is 1.40. The van der Waals surface area contributed by atoms with Gasteiger partial charge in [-0.3, -0.25) is 0 Å². The molecule has 1 saturated heterocycles. The largest absolute Gasteiger partial charge is 0.488 e. The van der Waals surface area contributed by atoms with Crippen LogP contribution in [0, 0.1) is 11.3 Å². The number of anilines is 1. The predicted molar refractivity (Wildman–Crippen MR) is 74.5 cm³/mol. The van der Waals surface area contributed by atoms with Crippen molar-refractivity contribution in [2.24, 2.45) is 5.22 Å². The number of halogens is 1. The molecule has 0 radical (unpaired) electrons. The number of amides is 2. The molecule has 0 spiro atoms. The van der Waals surface area contributed by atoms with E-state index in [1.54, 1.807) is 0 Å². The maximum Gasteiger partial charge on any atom is 0.343 e. The Morgan fingerprint density at radius 2 is 2.41 bits per heavy atom. The molecule has 0 saturated carbocycles. The summed E-state index contributed by atoms with van der Waals surface area (Å²) in [5.41, 5.74) is 7.27. The fourth-order valence-electron chi connectivity index (χ4n) is 1.91. The van der Waals surface area contributed by atoms with E-state index in [9.17, 15) is 9.18 Å². The van der Waals surface area contributed by atoms with Crippen LogP contribution in [0.25, 0.3) is 0 Å². The van der Waals surface area contributed by atoms with E-state index in [1.165, 1.54) is 13.1 Å². The number of nitrogens with one attached hydrogen (secondary N) is 2. The van der Waals surface area contributed by atoms with Gasteiger partial charge in [-0.05, 0) is 12.1 Å². The number of benzene rings is 1. The fraction of sp³-hybridized carbons (Fsp3) is 0.462. The topological polar surface area (TPSA) is 96.2 Å². The van der Waals surface area contributed by atoms with Gasteiger partial charge in [0.05, 0.1) is 19.8 Å². The number of ether oxygens (including phenoxy) is 3. The Labute approximate surface area is 126 Å². The van der Waals surface area contributed by atoms with E-state index in [2.05, 4.69) is 10.5 Å². The summed E-state index contributed by atoms with van der Waals surface area (Å²) in [6.45, 7) is 1.52. The summed E-state index contributed by atoms with van der Waals surface area (Å²) < 4.78 is 29.6. The Balaban J connectivity index is 2.15. The maximum absolute atomic E-state index is 13.4. The minimum atomic E-state index is -0.635. The van der Waals surface area contributed by atoms with Crippen molar-refractivity contribution in [1.82, 2.24) is 5.32 Å². The SMILES string of the molecule is CNC(=O)N(N=N)c1ccc(F)cc1OCC1COCCO1. The smallest absolute Gasteiger partial charge is 0.343 e. The Hall–Kier alpha value is -2.26. The van der Waals surface area contributed by atoms with Crippen LogP contribution in [-0.4, -0.2) is 45.6 Å². The van der Waals surface area contributed by atoms with Gasteiger partial charge in [-0.1, -0.05) is 5.22 Å². The highest BCUT2D eigenvalue weighted by Crippen LogP contribution is 2.30. The van der Waals surface area contributed by atoms with E-state index in [-0.39, 0.29) is 24.1 Å². The lowest BCUT2D eigenvalue weighted by molar-refractivity contribution is -0.101. The summed E-state index contributed by atoms with van der Waals surface area (Å²) in [6.07, 6.45) is -0.272. The van der Waals surface area contributed by atoms with Gasteiger partial charge in [0.1, 0.15) is 30.0 Å². The Morgan fingerprint density at radius 3 is 3.05 bits per heavy atom. The zero-order valence-corrected chi connectivity index (χ0v) is 12.0. The van der Waals surface area contributed by atoms with Crippen molar-refractivity contribution in [3.63, 3.8) is 0 Å². The van der Waals surface area contributed by atoms with Crippen molar-refractivity contribution in [1.29, 1.82) is 5.53 Å². The van der Waals surface area contributed by atoms with E-state index < -0.39 is 11.8 Å². The lowest BCUT2D eigenvalue weighted by atomic mass is 10.2. The molecule has 9 heteroatoms. The second-order valence-electron chi connectivity index (χ2n) is 4.46. The highest BCUT2D eigenvalue weighted by molar-refractivity contribution is 5.92. The molecule has 1 unspecified atom stereocenters. The van der Waals surface area contributed by atoms with Crippen LogP contribution < -0.4 is 15.1 Å². The molecule has 2 N–H and O–H groups in total. The first-order valence-electron chi connectivity index (χ1n) is 6.66. The van der Waals surface area contributed by atoms with E-state index >= 15 is 0 Å². The van der Waals surface area contributed by atoms with Gasteiger partial charge in [0, 0.05) is 13.1 Å². The standard InChI is InChI=1S/C13H17FN4O4/c1-16-13(19)18(17-15)11-3-2-9(14)6-12(11)22-8-10-7-20-4-5-21-10/h2-3,6,10,15H,4-5,7-8H2,1H3,(H,16,19). The minimum Gasteiger partial charge on any atom is -0.488 e. The molecule has 0 aliphatic carbocycles. The van der Waals surface area contributed by atoms with Crippen LogP contribution in [0.15, 0.2) is 23.4 Å². The molecule has 1 aliphatic heterocycles. The van der Waals surface area contributed by atoms with Gasteiger partial charge in [-0.2, -0.15) is 10.5 Å². The molecule has 1 aliphatic rings. The van der Waals surface area contributed by atoms with Crippen molar-refractivity contribution in [3.8, 4) is 5.75 Å². The van der Waals surface area contributed by atoms with Crippen LogP contribution in [-0.2, 0) is 9.47 Å². The first-order valence-corrected chi connectivity index (χ1v) is 6.66. The Kier molecular flexibility index (Phi) is 5.61. The number of rotatable bonds is 5. The zero-order valence-electron chi connectivity index (χ0n) is 12.0. The first kappa shape index (κ1) is 16.1. The average molecular weight is 312 g/mol. The van der Waals surface area contributed by atoms with Gasteiger partial charge >= 0.3 is 6.03 Å². The predicted octanol–water partition coefficient (Wildman–Crippen LogP) is 1.71. The van der Waals surface area contributed by atoms with Gasteiger partial charge in [0.2, 0.25) is 0 Å². The molecule has 1 fully saturated rings. The van der Waals surface area contributed by atoms with Crippen LogP contribution in [0.3, 0.4) is 0 Å². The van der Waals surface area contributed by atoms with Crippen LogP contribution >= 0.6 is 0 Å². The van der Waals surface area contributed by atoms with E-state index in [1.807, 2.05) is 0 Å². The van der Waals surface area contributed by atoms with E-state index in [0.717, 1.165) is 17.1 Å². The summed E-state index contributed by atoms with van der Waals surface area (Å²) in [6, 6.07) is 2.96. The summed E-state index contributed by atoms with van der Waals surface area (Å²) in [5, 5.41) is 6.24. The molecule has 8 nitrogen and oxygen atoms in total. The van der Waals surface area contributed by atoms with Crippen LogP contribution in [0.2, 0.25) is 0 Å². The summed E-state index contributed by atoms with van der Waals surface area (Å²) in [5.74, 6) is -0.435. The molecule has 0 aromatic heterocycles. The van der Waals surface area contributed by atoms with E-state index in [4.69, 9.17) is 19.7 Å². The molecule has 1 aromatic carbocycles. The van der Waals surface area contributed by atoms with Crippen molar-refractivity contribution < 1.29 is 23.4 Å². The number of carbonyl (C=O) groups is 1. The molecule has 22 heavy (non-hydrogen) atoms. The Bertz CT molecular complexity index is 537. The number of hydrogen-bond donors (Lipinski definition) is 2. The van der Waals surface area contributed by atoms with Gasteiger partial charge in [-0.25, -0.2) is 9.18 Å². The quantitative estimate of drug-likeness (QED) is 0.639. The van der Waals surface area contributed by atoms with Gasteiger partial charge in [0.15, 0.2) is 0 Å². The van der Waals surface area contributed by atoms with Gasteiger partial charge in [-0.15, -0.1) is 0 Å². The lowest BCUT2D eigenvalue weighted by Gasteiger charge is -2.24. The van der Waals surface area contributed by atoms with E-state index in [0.29, 0.717) is 19.8 Å². The number of carbonyl (C=O) groups excluding carboxylic acids is 1. The first-order chi connectivity index (χ1) is 10.7. The fourth-order valence-corrected chi connectivity index (χ4v) is 1.91. The second-order valence-corrected chi connectivity index (χ2v) is 4.46. The monoisotopic (exact) mass is 312 g/mol. The maximum atomic E-state index is 13.4. The third-order valence-electron chi connectivity index (χ3n) is 2.97. The van der Waals surface area contributed by atoms with Crippen molar-refractivity contribution in [2.75, 3.05) is 38.5 Å². The number of nitrogens with zero attached hydrogens (tertiary/aromatic N) is 2. The molecule has 1 aromatic rings. The number of urea groups is 1. The molecule has 2 rings (SSSR count). The third kappa shape index (κ3) is 3.89. The van der Waals surface area contributed by atoms with Gasteiger partial charge in [0.25, 0.3) is 0 Å². The lowest BCUT2D eigenvalue weighted by Crippen LogP contribution is -2.35. The summed E-state index contributed by atoms with van der Waals surface area (Å²) in [4.78, 5) is 11.7. The van der Waals surface area contributed by atoms with Gasteiger partial charge < -0.3 is 19.5 Å². The molecule has 0 bridgehead atoms. The summed E-state index contributed by atoms with van der Waals surface area (Å²) >= 11 is 0. The Morgan fingerprint density at radius 1 is 1.59 bits per heavy atom. The molecule has 2 amide bonds. The van der Waals surface area contributed by atoms with Crippen molar-refractivity contribution in [3.05, 3.63) is 24.0 Å². The molecular weight excluding hydrogens is 295 g/mol. The molecule has 1 heterocycles. The second kappa shape index (κ2) is 7.66.